The fraction of sp³-hybridized carbons (Fsp3) is 0.857. The normalized spacial score (nSPS) is 12.7. The van der Waals surface area contributed by atoms with Crippen molar-refractivity contribution in [2.75, 3.05) is 12.8 Å². The van der Waals surface area contributed by atoms with Gasteiger partial charge in [0.15, 0.2) is 9.84 Å². The Bertz CT molecular complexity index is 266. The van der Waals surface area contributed by atoms with Gasteiger partial charge in [0.05, 0.1) is 0 Å². The van der Waals surface area contributed by atoms with Crippen LogP contribution < -0.4 is 5.32 Å². The topological polar surface area (TPSA) is 63.2 Å². The lowest BCUT2D eigenvalue weighted by Gasteiger charge is -2.20. The molecule has 4 nitrogen and oxygen atoms in total. The van der Waals surface area contributed by atoms with E-state index in [0.29, 0.717) is 6.54 Å². The van der Waals surface area contributed by atoms with Gasteiger partial charge < -0.3 is 5.32 Å². The maximum Gasteiger partial charge on any atom is 0.240 e. The second-order valence-electron chi connectivity index (χ2n) is 3.14. The molecule has 0 atom stereocenters. The molecule has 1 N–H and O–H groups in total. The number of hydrogen-bond donors (Lipinski definition) is 1. The Balaban J connectivity index is 4.75. The molecule has 72 valence electrons. The zero-order valence-electron chi connectivity index (χ0n) is 7.84. The highest BCUT2D eigenvalue weighted by molar-refractivity contribution is 7.92. The summed E-state index contributed by atoms with van der Waals surface area (Å²) in [5.41, 5.74) is 0. The van der Waals surface area contributed by atoms with Crippen molar-refractivity contribution in [3.05, 3.63) is 0 Å². The zero-order valence-corrected chi connectivity index (χ0v) is 8.66. The molecular formula is C7H15NO3S. The fourth-order valence-corrected chi connectivity index (χ4v) is 0.951. The van der Waals surface area contributed by atoms with Crippen LogP contribution in [-0.4, -0.2) is 31.9 Å². The smallest absolute Gasteiger partial charge is 0.240 e. The first-order valence-electron chi connectivity index (χ1n) is 3.71. The average molecular weight is 193 g/mol. The average Bonchev–Trinajstić information content (AvgIpc) is 1.85. The lowest BCUT2D eigenvalue weighted by Crippen LogP contribution is -2.47. The minimum atomic E-state index is -3.34. The number of nitrogens with one attached hydrogen (secondary N) is 1. The molecule has 0 saturated heterocycles. The third-order valence-corrected chi connectivity index (χ3v) is 3.85. The fourth-order valence-electron chi connectivity index (χ4n) is 0.542. The summed E-state index contributed by atoms with van der Waals surface area (Å²) >= 11 is 0. The number of sulfone groups is 1. The first kappa shape index (κ1) is 11.4. The number of rotatable bonds is 3. The standard InChI is InChI=1S/C7H15NO3S/c1-5-8-6(9)7(2,3)12(4,10)11/h5H2,1-4H3,(H,8,9). The van der Waals surface area contributed by atoms with Gasteiger partial charge in [-0.05, 0) is 20.8 Å². The largest absolute Gasteiger partial charge is 0.355 e. The SMILES string of the molecule is CCNC(=O)C(C)(C)S(C)(=O)=O. The zero-order chi connectivity index (χ0) is 9.99. The van der Waals surface area contributed by atoms with Crippen LogP contribution in [0.4, 0.5) is 0 Å². The van der Waals surface area contributed by atoms with Crippen LogP contribution in [0.1, 0.15) is 20.8 Å². The lowest BCUT2D eigenvalue weighted by molar-refractivity contribution is -0.122. The Morgan fingerprint density at radius 1 is 1.42 bits per heavy atom. The molecule has 0 aromatic carbocycles. The summed E-state index contributed by atoms with van der Waals surface area (Å²) in [6, 6.07) is 0. The van der Waals surface area contributed by atoms with Crippen LogP contribution in [0, 0.1) is 0 Å². The molecule has 0 spiro atoms. The summed E-state index contributed by atoms with van der Waals surface area (Å²) in [5, 5.41) is 2.47. The summed E-state index contributed by atoms with van der Waals surface area (Å²) in [6.45, 7) is 4.98. The van der Waals surface area contributed by atoms with E-state index in [9.17, 15) is 13.2 Å². The molecule has 0 rings (SSSR count). The van der Waals surface area contributed by atoms with Crippen molar-refractivity contribution in [2.45, 2.75) is 25.5 Å². The summed E-state index contributed by atoms with van der Waals surface area (Å²) in [6.07, 6.45) is 1.06. The summed E-state index contributed by atoms with van der Waals surface area (Å²) < 4.78 is 20.9. The van der Waals surface area contributed by atoms with Crippen LogP contribution >= 0.6 is 0 Å². The van der Waals surface area contributed by atoms with Crippen molar-refractivity contribution in [1.29, 1.82) is 0 Å². The molecule has 0 aliphatic rings. The third kappa shape index (κ3) is 2.20. The van der Waals surface area contributed by atoms with Crippen molar-refractivity contribution >= 4 is 15.7 Å². The Morgan fingerprint density at radius 3 is 2.08 bits per heavy atom. The molecule has 0 aromatic heterocycles. The lowest BCUT2D eigenvalue weighted by atomic mass is 10.2. The maximum absolute atomic E-state index is 11.2. The molecule has 0 aliphatic carbocycles. The summed E-state index contributed by atoms with van der Waals surface area (Å²) in [4.78, 5) is 11.2. The van der Waals surface area contributed by atoms with E-state index in [2.05, 4.69) is 5.32 Å². The van der Waals surface area contributed by atoms with Crippen LogP contribution in [-0.2, 0) is 14.6 Å². The van der Waals surface area contributed by atoms with Crippen LogP contribution in [0.25, 0.3) is 0 Å². The highest BCUT2D eigenvalue weighted by Gasteiger charge is 2.37. The van der Waals surface area contributed by atoms with Gasteiger partial charge in [0.2, 0.25) is 5.91 Å². The van der Waals surface area contributed by atoms with E-state index in [0.717, 1.165) is 6.26 Å². The highest BCUT2D eigenvalue weighted by atomic mass is 32.2. The van der Waals surface area contributed by atoms with Gasteiger partial charge in [-0.15, -0.1) is 0 Å². The van der Waals surface area contributed by atoms with Crippen molar-refractivity contribution in [3.8, 4) is 0 Å². The Labute approximate surface area is 73.3 Å². The predicted molar refractivity (Wildman–Crippen MR) is 47.6 cm³/mol. The van der Waals surface area contributed by atoms with Gasteiger partial charge in [-0.25, -0.2) is 8.42 Å². The molecule has 0 saturated carbocycles. The highest BCUT2D eigenvalue weighted by Crippen LogP contribution is 2.14. The van der Waals surface area contributed by atoms with E-state index in [-0.39, 0.29) is 0 Å². The van der Waals surface area contributed by atoms with Crippen molar-refractivity contribution in [3.63, 3.8) is 0 Å². The van der Waals surface area contributed by atoms with Gasteiger partial charge in [-0.3, -0.25) is 4.79 Å². The third-order valence-electron chi connectivity index (χ3n) is 1.81. The Morgan fingerprint density at radius 2 is 1.83 bits per heavy atom. The number of hydrogen-bond acceptors (Lipinski definition) is 3. The molecule has 0 aromatic rings. The molecule has 0 aliphatic heterocycles. The van der Waals surface area contributed by atoms with Crippen molar-refractivity contribution < 1.29 is 13.2 Å². The van der Waals surface area contributed by atoms with Crippen LogP contribution in [0.3, 0.4) is 0 Å². The van der Waals surface area contributed by atoms with E-state index in [1.807, 2.05) is 0 Å². The second kappa shape index (κ2) is 3.43. The van der Waals surface area contributed by atoms with Gasteiger partial charge in [-0.2, -0.15) is 0 Å². The molecule has 0 bridgehead atoms. The Kier molecular flexibility index (Phi) is 3.26. The van der Waals surface area contributed by atoms with E-state index in [4.69, 9.17) is 0 Å². The summed E-state index contributed by atoms with van der Waals surface area (Å²) in [7, 11) is -3.34. The second-order valence-corrected chi connectivity index (χ2v) is 5.71. The molecule has 0 fully saturated rings. The predicted octanol–water partition coefficient (Wildman–Crippen LogP) is -0.0543. The minimum Gasteiger partial charge on any atom is -0.355 e. The van der Waals surface area contributed by atoms with Gasteiger partial charge in [-0.1, -0.05) is 0 Å². The minimum absolute atomic E-state index is 0.442. The van der Waals surface area contributed by atoms with E-state index in [1.165, 1.54) is 13.8 Å². The van der Waals surface area contributed by atoms with Crippen molar-refractivity contribution in [2.24, 2.45) is 0 Å². The Hall–Kier alpha value is -0.580. The van der Waals surface area contributed by atoms with Crippen LogP contribution in [0.2, 0.25) is 0 Å². The molecule has 0 unspecified atom stereocenters. The van der Waals surface area contributed by atoms with Gasteiger partial charge in [0.1, 0.15) is 4.75 Å². The van der Waals surface area contributed by atoms with Crippen molar-refractivity contribution in [1.82, 2.24) is 5.32 Å². The van der Waals surface area contributed by atoms with Gasteiger partial charge in [0, 0.05) is 12.8 Å². The first-order valence-corrected chi connectivity index (χ1v) is 5.60. The first-order chi connectivity index (χ1) is 5.23. The van der Waals surface area contributed by atoms with E-state index in [1.54, 1.807) is 6.92 Å². The monoisotopic (exact) mass is 193 g/mol. The molecule has 1 amide bonds. The molecule has 0 radical (unpaired) electrons. The quantitative estimate of drug-likeness (QED) is 0.683. The maximum atomic E-state index is 11.2. The van der Waals surface area contributed by atoms with Crippen LogP contribution in [0.15, 0.2) is 0 Å². The van der Waals surface area contributed by atoms with Crippen LogP contribution in [0.5, 0.6) is 0 Å². The van der Waals surface area contributed by atoms with E-state index >= 15 is 0 Å². The molecular weight excluding hydrogens is 178 g/mol. The molecule has 0 heterocycles. The van der Waals surface area contributed by atoms with E-state index < -0.39 is 20.5 Å². The molecule has 5 heteroatoms. The number of amides is 1. The van der Waals surface area contributed by atoms with Gasteiger partial charge >= 0.3 is 0 Å². The number of carbonyl (C=O) groups is 1. The summed E-state index contributed by atoms with van der Waals surface area (Å²) in [5.74, 6) is -0.451. The van der Waals surface area contributed by atoms with Gasteiger partial charge in [0.25, 0.3) is 0 Å². The molecule has 12 heavy (non-hydrogen) atoms. The number of carbonyl (C=O) groups excluding carboxylic acids is 1.